The van der Waals surface area contributed by atoms with Crippen LogP contribution in [0.15, 0.2) is 109 Å². The normalized spacial score (nSPS) is 11.7. The van der Waals surface area contributed by atoms with Crippen LogP contribution in [0.4, 0.5) is 10.6 Å². The van der Waals surface area contributed by atoms with E-state index in [0.717, 1.165) is 38.8 Å². The van der Waals surface area contributed by atoms with Crippen LogP contribution >= 0.6 is 0 Å². The number of ether oxygens (including phenoxy) is 3. The molecule has 11 heteroatoms. The summed E-state index contributed by atoms with van der Waals surface area (Å²) in [5.74, 6) is -0.153. The molecule has 5 rings (SSSR count). The molecule has 0 spiro atoms. The number of nitrogens with one attached hydrogen (secondary N) is 2. The average Bonchev–Trinajstić information content (AvgIpc) is 3.17. The summed E-state index contributed by atoms with van der Waals surface area (Å²) in [5.41, 5.74) is 3.83. The van der Waals surface area contributed by atoms with Gasteiger partial charge in [-0.1, -0.05) is 78.9 Å². The molecule has 1 aromatic heterocycles. The van der Waals surface area contributed by atoms with Gasteiger partial charge < -0.3 is 24.8 Å². The molecule has 0 bridgehead atoms. The zero-order valence-corrected chi connectivity index (χ0v) is 32.0. The van der Waals surface area contributed by atoms with Crippen LogP contribution in [-0.4, -0.2) is 54.7 Å². The van der Waals surface area contributed by atoms with E-state index in [-0.39, 0.29) is 31.8 Å². The van der Waals surface area contributed by atoms with Crippen LogP contribution in [0.3, 0.4) is 0 Å². The van der Waals surface area contributed by atoms with E-state index in [2.05, 4.69) is 15.6 Å². The highest BCUT2D eigenvalue weighted by Gasteiger charge is 2.25. The van der Waals surface area contributed by atoms with E-state index in [1.807, 2.05) is 104 Å². The number of carbonyl (C=O) groups is 4. The Hall–Kier alpha value is -6.23. The lowest BCUT2D eigenvalue weighted by Crippen LogP contribution is -2.40. The SMILES string of the molecule is COC(=O)C[C@H](NC(=O)CNC(=O)CCCN(C(=O)OC(C)(C)C)c1cc(C)ccn1)c1cccc(-c2cccc3c(OCc4ccccc4)cccc23)c1. The molecule has 1 atom stereocenters. The zero-order chi connectivity index (χ0) is 39.4. The predicted octanol–water partition coefficient (Wildman–Crippen LogP) is 7.85. The minimum atomic E-state index is -0.722. The number of hydrogen-bond acceptors (Lipinski definition) is 8. The number of pyridine rings is 1. The summed E-state index contributed by atoms with van der Waals surface area (Å²) in [6, 6.07) is 32.5. The highest BCUT2D eigenvalue weighted by atomic mass is 16.6. The quantitative estimate of drug-likeness (QED) is 0.104. The molecule has 0 saturated heterocycles. The lowest BCUT2D eigenvalue weighted by Gasteiger charge is -2.27. The number of anilines is 1. The van der Waals surface area contributed by atoms with Crippen LogP contribution in [0.2, 0.25) is 0 Å². The molecule has 1 heterocycles. The molecule has 286 valence electrons. The van der Waals surface area contributed by atoms with E-state index in [4.69, 9.17) is 14.2 Å². The molecule has 0 aliphatic rings. The van der Waals surface area contributed by atoms with Crippen LogP contribution in [0.25, 0.3) is 21.9 Å². The molecule has 0 saturated carbocycles. The van der Waals surface area contributed by atoms with Gasteiger partial charge in [0.1, 0.15) is 23.8 Å². The van der Waals surface area contributed by atoms with Gasteiger partial charge in [0.15, 0.2) is 0 Å². The number of esters is 1. The van der Waals surface area contributed by atoms with Gasteiger partial charge in [-0.2, -0.15) is 0 Å². The maximum absolute atomic E-state index is 13.2. The summed E-state index contributed by atoms with van der Waals surface area (Å²) in [7, 11) is 1.30. The van der Waals surface area contributed by atoms with E-state index in [1.54, 1.807) is 33.0 Å². The predicted molar refractivity (Wildman–Crippen MR) is 212 cm³/mol. The average molecular weight is 745 g/mol. The largest absolute Gasteiger partial charge is 0.488 e. The van der Waals surface area contributed by atoms with Crippen molar-refractivity contribution in [3.05, 3.63) is 126 Å². The molecule has 0 fully saturated rings. The van der Waals surface area contributed by atoms with E-state index >= 15 is 0 Å². The van der Waals surface area contributed by atoms with Gasteiger partial charge in [0.25, 0.3) is 0 Å². The summed E-state index contributed by atoms with van der Waals surface area (Å²) in [6.07, 6.45) is 1.29. The Labute approximate surface area is 322 Å². The van der Waals surface area contributed by atoms with Crippen LogP contribution in [-0.2, 0) is 30.5 Å². The molecule has 3 amide bonds. The minimum absolute atomic E-state index is 0.0517. The monoisotopic (exact) mass is 744 g/mol. The Morgan fingerprint density at radius 3 is 2.33 bits per heavy atom. The summed E-state index contributed by atoms with van der Waals surface area (Å²) in [5, 5.41) is 7.50. The van der Waals surface area contributed by atoms with Crippen molar-refractivity contribution in [2.75, 3.05) is 25.1 Å². The van der Waals surface area contributed by atoms with Crippen molar-refractivity contribution in [1.82, 2.24) is 15.6 Å². The molecular formula is C44H48N4O7. The number of amides is 3. The molecule has 2 N–H and O–H groups in total. The van der Waals surface area contributed by atoms with E-state index < -0.39 is 29.6 Å². The van der Waals surface area contributed by atoms with Crippen molar-refractivity contribution in [1.29, 1.82) is 0 Å². The van der Waals surface area contributed by atoms with E-state index in [0.29, 0.717) is 24.4 Å². The van der Waals surface area contributed by atoms with Crippen molar-refractivity contribution >= 4 is 40.5 Å². The van der Waals surface area contributed by atoms with Gasteiger partial charge in [-0.15, -0.1) is 0 Å². The Morgan fingerprint density at radius 1 is 0.836 bits per heavy atom. The van der Waals surface area contributed by atoms with Gasteiger partial charge in [0.2, 0.25) is 11.8 Å². The second-order valence-electron chi connectivity index (χ2n) is 14.2. The fraction of sp³-hybridized carbons (Fsp3) is 0.295. The molecule has 5 aromatic rings. The van der Waals surface area contributed by atoms with Gasteiger partial charge >= 0.3 is 12.1 Å². The minimum Gasteiger partial charge on any atom is -0.488 e. The van der Waals surface area contributed by atoms with Gasteiger partial charge in [-0.25, -0.2) is 9.78 Å². The van der Waals surface area contributed by atoms with Gasteiger partial charge in [0, 0.05) is 24.5 Å². The van der Waals surface area contributed by atoms with Gasteiger partial charge in [-0.3, -0.25) is 19.3 Å². The van der Waals surface area contributed by atoms with Crippen molar-refractivity contribution in [2.24, 2.45) is 0 Å². The van der Waals surface area contributed by atoms with E-state index in [1.165, 1.54) is 12.0 Å². The summed E-state index contributed by atoms with van der Waals surface area (Å²) in [4.78, 5) is 57.2. The first-order chi connectivity index (χ1) is 26.4. The third kappa shape index (κ3) is 11.6. The van der Waals surface area contributed by atoms with Crippen molar-refractivity contribution in [2.45, 2.75) is 65.2 Å². The molecular weight excluding hydrogens is 697 g/mol. The zero-order valence-electron chi connectivity index (χ0n) is 32.0. The first kappa shape index (κ1) is 40.0. The van der Waals surface area contributed by atoms with Crippen LogP contribution in [0, 0.1) is 6.92 Å². The fourth-order valence-corrected chi connectivity index (χ4v) is 6.01. The standard InChI is InChI=1S/C44H48N4O7/c1-30-22-23-45-39(25-30)48(43(52)55-44(2,3)4)24-12-21-40(49)46-28-41(50)47-37(27-42(51)53-5)33-16-9-15-32(26-33)34-17-10-19-36-35(34)18-11-20-38(36)54-29-31-13-7-6-8-14-31/h6-11,13-20,22-23,25-26,37H,12,21,24,27-29H2,1-5H3,(H,46,49)(H,47,50)/t37-/m0/s1. The topological polar surface area (TPSA) is 136 Å². The molecule has 0 aliphatic carbocycles. The second-order valence-corrected chi connectivity index (χ2v) is 14.2. The second kappa shape index (κ2) is 18.7. The molecule has 0 aliphatic heterocycles. The lowest BCUT2D eigenvalue weighted by atomic mass is 9.94. The smallest absolute Gasteiger partial charge is 0.416 e. The van der Waals surface area contributed by atoms with Crippen molar-refractivity contribution < 1.29 is 33.4 Å². The number of carbonyl (C=O) groups excluding carboxylic acids is 4. The Morgan fingerprint density at radius 2 is 1.58 bits per heavy atom. The first-order valence-electron chi connectivity index (χ1n) is 18.2. The van der Waals surface area contributed by atoms with E-state index in [9.17, 15) is 19.2 Å². The number of benzene rings is 4. The van der Waals surface area contributed by atoms with Gasteiger partial charge in [0.05, 0.1) is 26.1 Å². The molecule has 0 unspecified atom stereocenters. The van der Waals surface area contributed by atoms with Gasteiger partial charge in [-0.05, 0) is 91.6 Å². The Balaban J connectivity index is 1.23. The van der Waals surface area contributed by atoms with Crippen LogP contribution in [0.5, 0.6) is 5.75 Å². The summed E-state index contributed by atoms with van der Waals surface area (Å²) >= 11 is 0. The third-order valence-electron chi connectivity index (χ3n) is 8.68. The van der Waals surface area contributed by atoms with Crippen molar-refractivity contribution in [3.63, 3.8) is 0 Å². The summed E-state index contributed by atoms with van der Waals surface area (Å²) in [6.45, 7) is 7.55. The Bertz CT molecular complexity index is 2110. The number of aryl methyl sites for hydroxylation is 1. The number of nitrogens with zero attached hydrogens (tertiary/aromatic N) is 2. The lowest BCUT2D eigenvalue weighted by molar-refractivity contribution is -0.141. The van der Waals surface area contributed by atoms with Crippen LogP contribution < -0.4 is 20.3 Å². The highest BCUT2D eigenvalue weighted by Crippen LogP contribution is 2.35. The maximum atomic E-state index is 13.2. The summed E-state index contributed by atoms with van der Waals surface area (Å²) < 4.78 is 16.8. The number of methoxy groups -OCH3 is 1. The number of hydrogen-bond donors (Lipinski definition) is 2. The Kier molecular flexibility index (Phi) is 13.6. The highest BCUT2D eigenvalue weighted by molar-refractivity contribution is 6.00. The number of aromatic nitrogens is 1. The molecule has 4 aromatic carbocycles. The molecule has 55 heavy (non-hydrogen) atoms. The number of fused-ring (bicyclic) bond motifs is 1. The first-order valence-corrected chi connectivity index (χ1v) is 18.2. The fourth-order valence-electron chi connectivity index (χ4n) is 6.01. The molecule has 0 radical (unpaired) electrons. The number of rotatable bonds is 15. The van der Waals surface area contributed by atoms with Crippen molar-refractivity contribution in [3.8, 4) is 16.9 Å². The third-order valence-corrected chi connectivity index (χ3v) is 8.68. The van der Waals surface area contributed by atoms with Crippen LogP contribution in [0.1, 0.15) is 62.8 Å². The molecule has 11 nitrogen and oxygen atoms in total. The maximum Gasteiger partial charge on any atom is 0.416 e.